The molecular formula is C18H25ClN2OS. The van der Waals surface area contributed by atoms with Crippen molar-refractivity contribution in [3.05, 3.63) is 35.2 Å². The third-order valence-corrected chi connectivity index (χ3v) is 5.91. The van der Waals surface area contributed by atoms with Crippen molar-refractivity contribution in [3.63, 3.8) is 0 Å². The number of fused-ring (bicyclic) bond motifs is 1. The molecular weight excluding hydrogens is 328 g/mol. The number of carbonyl (C=O) groups excluding carboxylic acids is 1. The Morgan fingerprint density at radius 3 is 2.87 bits per heavy atom. The first-order valence-electron chi connectivity index (χ1n) is 7.98. The lowest BCUT2D eigenvalue weighted by Crippen LogP contribution is -2.52. The largest absolute Gasteiger partial charge is 0.341 e. The van der Waals surface area contributed by atoms with Crippen molar-refractivity contribution in [1.29, 1.82) is 0 Å². The first-order chi connectivity index (χ1) is 10.5. The van der Waals surface area contributed by atoms with Gasteiger partial charge in [-0.25, -0.2) is 0 Å². The van der Waals surface area contributed by atoms with Gasteiger partial charge < -0.3 is 10.6 Å². The van der Waals surface area contributed by atoms with Crippen LogP contribution in [0.25, 0.3) is 10.1 Å². The molecule has 0 saturated heterocycles. The lowest BCUT2D eigenvalue weighted by atomic mass is 9.74. The van der Waals surface area contributed by atoms with Crippen LogP contribution in [0.15, 0.2) is 29.6 Å². The van der Waals surface area contributed by atoms with Gasteiger partial charge in [-0.2, -0.15) is 0 Å². The highest BCUT2D eigenvalue weighted by molar-refractivity contribution is 7.17. The van der Waals surface area contributed by atoms with Crippen LogP contribution in [-0.4, -0.2) is 23.4 Å². The second-order valence-corrected chi connectivity index (χ2v) is 7.67. The Morgan fingerprint density at radius 2 is 2.13 bits per heavy atom. The summed E-state index contributed by atoms with van der Waals surface area (Å²) >= 11 is 1.74. The number of carbonyl (C=O) groups is 1. The summed E-state index contributed by atoms with van der Waals surface area (Å²) in [7, 11) is 1.90. The molecule has 0 bridgehead atoms. The summed E-state index contributed by atoms with van der Waals surface area (Å²) in [4.78, 5) is 14.7. The zero-order chi connectivity index (χ0) is 15.7. The second-order valence-electron chi connectivity index (χ2n) is 6.76. The Labute approximate surface area is 148 Å². The van der Waals surface area contributed by atoms with Crippen molar-refractivity contribution in [2.75, 3.05) is 7.05 Å². The number of halogens is 1. The van der Waals surface area contributed by atoms with Gasteiger partial charge in [-0.15, -0.1) is 23.7 Å². The lowest BCUT2D eigenvalue weighted by Gasteiger charge is -2.39. The SMILES string of the molecule is CN(Cc1csc2ccccc12)C(=O)C1CCCCC1(C)N.Cl. The van der Waals surface area contributed by atoms with Crippen molar-refractivity contribution >= 4 is 39.7 Å². The molecule has 2 atom stereocenters. The van der Waals surface area contributed by atoms with Crippen LogP contribution in [-0.2, 0) is 11.3 Å². The van der Waals surface area contributed by atoms with Gasteiger partial charge in [0.1, 0.15) is 0 Å². The molecule has 0 spiro atoms. The molecule has 126 valence electrons. The fourth-order valence-corrected chi connectivity index (χ4v) is 4.47. The minimum Gasteiger partial charge on any atom is -0.341 e. The van der Waals surface area contributed by atoms with Crippen molar-refractivity contribution in [2.45, 2.75) is 44.7 Å². The summed E-state index contributed by atoms with van der Waals surface area (Å²) in [6, 6.07) is 8.37. The molecule has 1 aromatic heterocycles. The van der Waals surface area contributed by atoms with Crippen LogP contribution in [0.2, 0.25) is 0 Å². The number of amides is 1. The van der Waals surface area contributed by atoms with Gasteiger partial charge in [0, 0.05) is 23.8 Å². The van der Waals surface area contributed by atoms with E-state index in [0.29, 0.717) is 6.54 Å². The fraction of sp³-hybridized carbons (Fsp3) is 0.500. The zero-order valence-corrected chi connectivity index (χ0v) is 15.4. The second kappa shape index (κ2) is 7.20. The Morgan fingerprint density at radius 1 is 1.39 bits per heavy atom. The minimum absolute atomic E-state index is 0. The third kappa shape index (κ3) is 3.70. The maximum Gasteiger partial charge on any atom is 0.227 e. The van der Waals surface area contributed by atoms with Crippen LogP contribution in [0.3, 0.4) is 0 Å². The molecule has 0 radical (unpaired) electrons. The molecule has 3 nitrogen and oxygen atoms in total. The fourth-order valence-electron chi connectivity index (χ4n) is 3.52. The van der Waals surface area contributed by atoms with Crippen LogP contribution in [0.5, 0.6) is 0 Å². The quantitative estimate of drug-likeness (QED) is 0.900. The van der Waals surface area contributed by atoms with Crippen LogP contribution < -0.4 is 5.73 Å². The summed E-state index contributed by atoms with van der Waals surface area (Å²) in [6.45, 7) is 2.69. The monoisotopic (exact) mass is 352 g/mol. The van der Waals surface area contributed by atoms with Crippen molar-refractivity contribution < 1.29 is 4.79 Å². The van der Waals surface area contributed by atoms with Crippen LogP contribution in [0, 0.1) is 5.92 Å². The van der Waals surface area contributed by atoms with Gasteiger partial charge in [-0.3, -0.25) is 4.79 Å². The molecule has 23 heavy (non-hydrogen) atoms. The van der Waals surface area contributed by atoms with Crippen molar-refractivity contribution in [3.8, 4) is 0 Å². The topological polar surface area (TPSA) is 46.3 Å². The van der Waals surface area contributed by atoms with E-state index in [1.165, 1.54) is 15.6 Å². The highest BCUT2D eigenvalue weighted by Crippen LogP contribution is 2.33. The standard InChI is InChI=1S/C18H24N2OS.ClH/c1-18(19)10-6-5-8-15(18)17(21)20(2)11-13-12-22-16-9-4-3-7-14(13)16;/h3-4,7,9,12,15H,5-6,8,10-11,19H2,1-2H3;1H. The summed E-state index contributed by atoms with van der Waals surface area (Å²) in [5, 5.41) is 3.42. The molecule has 0 aliphatic heterocycles. The Balaban J connectivity index is 0.00000192. The average Bonchev–Trinajstić information content (AvgIpc) is 2.89. The van der Waals surface area contributed by atoms with Crippen LogP contribution in [0.4, 0.5) is 0 Å². The first kappa shape index (κ1) is 18.2. The smallest absolute Gasteiger partial charge is 0.227 e. The highest BCUT2D eigenvalue weighted by atomic mass is 35.5. The van der Waals surface area contributed by atoms with Gasteiger partial charge in [0.25, 0.3) is 0 Å². The number of nitrogens with two attached hydrogens (primary N) is 1. The number of benzene rings is 1. The lowest BCUT2D eigenvalue weighted by molar-refractivity contribution is -0.138. The summed E-state index contributed by atoms with van der Waals surface area (Å²) in [5.74, 6) is 0.149. The maximum absolute atomic E-state index is 12.8. The van der Waals surface area contributed by atoms with Crippen molar-refractivity contribution in [1.82, 2.24) is 4.90 Å². The summed E-state index contributed by atoms with van der Waals surface area (Å²) < 4.78 is 1.28. The minimum atomic E-state index is -0.361. The molecule has 1 saturated carbocycles. The average molecular weight is 353 g/mol. The number of hydrogen-bond acceptors (Lipinski definition) is 3. The Kier molecular flexibility index (Phi) is 5.71. The molecule has 2 N–H and O–H groups in total. The molecule has 1 aliphatic carbocycles. The van der Waals surface area contributed by atoms with E-state index in [0.717, 1.165) is 25.7 Å². The van der Waals surface area contributed by atoms with E-state index in [1.54, 1.807) is 11.3 Å². The molecule has 1 amide bonds. The predicted octanol–water partition coefficient (Wildman–Crippen LogP) is 4.19. The normalized spacial score (nSPS) is 24.2. The van der Waals surface area contributed by atoms with Gasteiger partial charge in [-0.1, -0.05) is 31.0 Å². The van der Waals surface area contributed by atoms with Gasteiger partial charge in [-0.05, 0) is 42.2 Å². The van der Waals surface area contributed by atoms with Gasteiger partial charge >= 0.3 is 0 Å². The zero-order valence-electron chi connectivity index (χ0n) is 13.7. The van der Waals surface area contributed by atoms with Crippen LogP contribution in [0.1, 0.15) is 38.2 Å². The Hall–Kier alpha value is -1.10. The molecule has 1 heterocycles. The van der Waals surface area contributed by atoms with Crippen LogP contribution >= 0.6 is 23.7 Å². The van der Waals surface area contributed by atoms with E-state index in [-0.39, 0.29) is 29.8 Å². The molecule has 2 aromatic rings. The molecule has 1 aliphatic rings. The molecule has 1 fully saturated rings. The van der Waals surface area contributed by atoms with Gasteiger partial charge in [0.05, 0.1) is 5.92 Å². The summed E-state index contributed by atoms with van der Waals surface area (Å²) in [5.41, 5.74) is 7.25. The van der Waals surface area contributed by atoms with Gasteiger partial charge in [0.2, 0.25) is 5.91 Å². The van der Waals surface area contributed by atoms with E-state index >= 15 is 0 Å². The molecule has 3 rings (SSSR count). The van der Waals surface area contributed by atoms with E-state index in [4.69, 9.17) is 5.73 Å². The number of nitrogens with zero attached hydrogens (tertiary/aromatic N) is 1. The molecule has 5 heteroatoms. The number of hydrogen-bond donors (Lipinski definition) is 1. The van der Waals surface area contributed by atoms with E-state index in [9.17, 15) is 4.79 Å². The maximum atomic E-state index is 12.8. The molecule has 1 aromatic carbocycles. The highest BCUT2D eigenvalue weighted by Gasteiger charge is 2.39. The number of rotatable bonds is 3. The van der Waals surface area contributed by atoms with E-state index in [2.05, 4.69) is 29.6 Å². The van der Waals surface area contributed by atoms with E-state index < -0.39 is 0 Å². The molecule has 2 unspecified atom stereocenters. The van der Waals surface area contributed by atoms with Crippen molar-refractivity contribution in [2.24, 2.45) is 11.7 Å². The van der Waals surface area contributed by atoms with E-state index in [1.807, 2.05) is 18.9 Å². The van der Waals surface area contributed by atoms with Gasteiger partial charge in [0.15, 0.2) is 0 Å². The first-order valence-corrected chi connectivity index (χ1v) is 8.86. The Bertz CT molecular complexity index is 682. The predicted molar refractivity (Wildman–Crippen MR) is 100 cm³/mol. The number of thiophene rings is 1. The third-order valence-electron chi connectivity index (χ3n) is 4.90. The summed E-state index contributed by atoms with van der Waals surface area (Å²) in [6.07, 6.45) is 4.10.